The Kier molecular flexibility index (Phi) is 5.01. The average Bonchev–Trinajstić information content (AvgIpc) is 2.70. The Labute approximate surface area is 135 Å². The van der Waals surface area contributed by atoms with Crippen LogP contribution in [0.15, 0.2) is 23.8 Å². The maximum atomic E-state index is 12.6. The van der Waals surface area contributed by atoms with Crippen molar-refractivity contribution in [2.45, 2.75) is 72.3 Å². The zero-order chi connectivity index (χ0) is 16.5. The van der Waals surface area contributed by atoms with Crippen molar-refractivity contribution in [1.29, 1.82) is 0 Å². The van der Waals surface area contributed by atoms with Crippen LogP contribution in [0.1, 0.15) is 66.7 Å². The molecule has 0 aromatic carbocycles. The molecule has 1 saturated carbocycles. The van der Waals surface area contributed by atoms with Gasteiger partial charge in [-0.05, 0) is 43.9 Å². The van der Waals surface area contributed by atoms with Crippen LogP contribution in [0.5, 0.6) is 0 Å². The van der Waals surface area contributed by atoms with Crippen LogP contribution in [0.2, 0.25) is 0 Å². The molecule has 0 bridgehead atoms. The highest BCUT2D eigenvalue weighted by molar-refractivity contribution is 5.82. The monoisotopic (exact) mass is 304 g/mol. The molecule has 4 atom stereocenters. The number of hydrogen-bond donors (Lipinski definition) is 1. The summed E-state index contributed by atoms with van der Waals surface area (Å²) >= 11 is 0. The van der Waals surface area contributed by atoms with Gasteiger partial charge in [-0.2, -0.15) is 0 Å². The van der Waals surface area contributed by atoms with Crippen molar-refractivity contribution in [3.63, 3.8) is 0 Å². The maximum Gasteiger partial charge on any atom is 0.139 e. The standard InChI is InChI=1S/C20H32O2/c1-14(2)20(22)12-11-19(5)10-9-15(3)7-6-8-16(4)17(21)13-18(19)20/h6,8-9,14,16,18,22H,7,10-13H2,1-5H3/b8-6-,15-9+/t16-,18+,19-,20+/m1/s1. The topological polar surface area (TPSA) is 37.3 Å². The number of fused-ring (bicyclic) bond motifs is 1. The van der Waals surface area contributed by atoms with Gasteiger partial charge in [0.05, 0.1) is 5.60 Å². The van der Waals surface area contributed by atoms with Gasteiger partial charge >= 0.3 is 0 Å². The SMILES string of the molecule is C/C1=C\C[C@]2(C)CC[C@](O)(C(C)C)[C@H]2CC(=O)[C@H](C)/C=C\C1. The zero-order valence-electron chi connectivity index (χ0n) is 14.9. The number of Topliss-reactive ketones (excluding diaryl/α,β-unsaturated/α-hetero) is 1. The Morgan fingerprint density at radius 1 is 1.32 bits per heavy atom. The summed E-state index contributed by atoms with van der Waals surface area (Å²) in [4.78, 5) is 12.6. The molecule has 0 heterocycles. The van der Waals surface area contributed by atoms with Gasteiger partial charge in [-0.1, -0.05) is 51.5 Å². The molecule has 2 heteroatoms. The Bertz CT molecular complexity index is 488. The lowest BCUT2D eigenvalue weighted by Crippen LogP contribution is -2.44. The number of aliphatic hydroxyl groups is 1. The second kappa shape index (κ2) is 6.31. The number of allylic oxidation sites excluding steroid dienone is 4. The molecule has 2 aliphatic carbocycles. The first-order valence-corrected chi connectivity index (χ1v) is 8.76. The molecule has 0 aromatic heterocycles. The van der Waals surface area contributed by atoms with Crippen LogP contribution in [0.3, 0.4) is 0 Å². The lowest BCUT2D eigenvalue weighted by Gasteiger charge is -2.40. The first-order chi connectivity index (χ1) is 10.2. The van der Waals surface area contributed by atoms with Crippen molar-refractivity contribution in [1.82, 2.24) is 0 Å². The van der Waals surface area contributed by atoms with Crippen molar-refractivity contribution in [2.24, 2.45) is 23.2 Å². The van der Waals surface area contributed by atoms with Gasteiger partial charge in [0.2, 0.25) is 0 Å². The molecule has 0 aliphatic heterocycles. The van der Waals surface area contributed by atoms with E-state index in [-0.39, 0.29) is 29.0 Å². The summed E-state index contributed by atoms with van der Waals surface area (Å²) < 4.78 is 0. The summed E-state index contributed by atoms with van der Waals surface area (Å²) in [6, 6.07) is 0. The summed E-state index contributed by atoms with van der Waals surface area (Å²) in [5, 5.41) is 11.3. The van der Waals surface area contributed by atoms with Crippen molar-refractivity contribution >= 4 is 5.78 Å². The van der Waals surface area contributed by atoms with Crippen LogP contribution in [-0.4, -0.2) is 16.5 Å². The molecule has 1 N–H and O–H groups in total. The van der Waals surface area contributed by atoms with Crippen LogP contribution < -0.4 is 0 Å². The van der Waals surface area contributed by atoms with Crippen LogP contribution in [0, 0.1) is 23.2 Å². The molecule has 22 heavy (non-hydrogen) atoms. The number of carbonyl (C=O) groups is 1. The van der Waals surface area contributed by atoms with E-state index in [1.165, 1.54) is 5.57 Å². The minimum atomic E-state index is -0.705. The Balaban J connectivity index is 2.40. The summed E-state index contributed by atoms with van der Waals surface area (Å²) in [6.45, 7) is 10.6. The Morgan fingerprint density at radius 2 is 2.00 bits per heavy atom. The number of ketones is 1. The molecule has 2 rings (SSSR count). The third kappa shape index (κ3) is 3.22. The predicted octanol–water partition coefficient (Wildman–Crippen LogP) is 4.68. The second-order valence-corrected chi connectivity index (χ2v) is 8.20. The van der Waals surface area contributed by atoms with E-state index in [0.717, 1.165) is 25.7 Å². The third-order valence-corrected chi connectivity index (χ3v) is 6.24. The third-order valence-electron chi connectivity index (χ3n) is 6.24. The van der Waals surface area contributed by atoms with Gasteiger partial charge in [-0.25, -0.2) is 0 Å². The maximum absolute atomic E-state index is 12.6. The molecular weight excluding hydrogens is 272 g/mol. The Morgan fingerprint density at radius 3 is 2.64 bits per heavy atom. The van der Waals surface area contributed by atoms with E-state index in [4.69, 9.17) is 0 Å². The van der Waals surface area contributed by atoms with Gasteiger partial charge in [-0.3, -0.25) is 4.79 Å². The Hall–Kier alpha value is -0.890. The minimum Gasteiger partial charge on any atom is -0.389 e. The van der Waals surface area contributed by atoms with Crippen molar-refractivity contribution < 1.29 is 9.90 Å². The van der Waals surface area contributed by atoms with Gasteiger partial charge in [0.1, 0.15) is 5.78 Å². The number of rotatable bonds is 1. The van der Waals surface area contributed by atoms with Gasteiger partial charge in [0.15, 0.2) is 0 Å². The van der Waals surface area contributed by atoms with Crippen molar-refractivity contribution in [3.8, 4) is 0 Å². The van der Waals surface area contributed by atoms with Crippen LogP contribution in [-0.2, 0) is 4.79 Å². The molecular formula is C20H32O2. The van der Waals surface area contributed by atoms with E-state index in [1.807, 2.05) is 13.0 Å². The zero-order valence-corrected chi connectivity index (χ0v) is 14.9. The normalized spacial score (nSPS) is 44.1. The van der Waals surface area contributed by atoms with E-state index < -0.39 is 5.60 Å². The fraction of sp³-hybridized carbons (Fsp3) is 0.750. The highest BCUT2D eigenvalue weighted by Gasteiger charge is 2.55. The molecule has 0 spiro atoms. The van der Waals surface area contributed by atoms with Crippen LogP contribution in [0.4, 0.5) is 0 Å². The summed E-state index contributed by atoms with van der Waals surface area (Å²) in [5.41, 5.74) is 0.682. The highest BCUT2D eigenvalue weighted by Crippen LogP contribution is 2.56. The quantitative estimate of drug-likeness (QED) is 0.714. The van der Waals surface area contributed by atoms with Gasteiger partial charge in [0, 0.05) is 18.3 Å². The summed E-state index contributed by atoms with van der Waals surface area (Å²) in [5.74, 6) is 0.471. The summed E-state index contributed by atoms with van der Waals surface area (Å²) in [6.07, 6.45) is 10.7. The molecule has 2 nitrogen and oxygen atoms in total. The predicted molar refractivity (Wildman–Crippen MR) is 91.5 cm³/mol. The van der Waals surface area contributed by atoms with E-state index >= 15 is 0 Å². The average molecular weight is 304 g/mol. The summed E-state index contributed by atoms with van der Waals surface area (Å²) in [7, 11) is 0. The van der Waals surface area contributed by atoms with E-state index in [1.54, 1.807) is 0 Å². The van der Waals surface area contributed by atoms with Gasteiger partial charge < -0.3 is 5.11 Å². The van der Waals surface area contributed by atoms with E-state index in [2.05, 4.69) is 39.8 Å². The molecule has 2 aliphatic rings. The second-order valence-electron chi connectivity index (χ2n) is 8.20. The fourth-order valence-corrected chi connectivity index (χ4v) is 4.24. The number of carbonyl (C=O) groups excluding carboxylic acids is 1. The molecule has 1 fully saturated rings. The van der Waals surface area contributed by atoms with E-state index in [9.17, 15) is 9.90 Å². The minimum absolute atomic E-state index is 0.0278. The number of hydrogen-bond acceptors (Lipinski definition) is 2. The van der Waals surface area contributed by atoms with Gasteiger partial charge in [-0.15, -0.1) is 0 Å². The molecule has 0 saturated heterocycles. The lowest BCUT2D eigenvalue weighted by molar-refractivity contribution is -0.128. The van der Waals surface area contributed by atoms with E-state index in [0.29, 0.717) is 6.42 Å². The first-order valence-electron chi connectivity index (χ1n) is 8.76. The van der Waals surface area contributed by atoms with Crippen molar-refractivity contribution in [3.05, 3.63) is 23.8 Å². The molecule has 0 amide bonds. The molecule has 124 valence electrons. The molecule has 0 radical (unpaired) electrons. The smallest absolute Gasteiger partial charge is 0.139 e. The van der Waals surface area contributed by atoms with Crippen LogP contribution in [0.25, 0.3) is 0 Å². The van der Waals surface area contributed by atoms with Crippen LogP contribution >= 0.6 is 0 Å². The van der Waals surface area contributed by atoms with Gasteiger partial charge in [0.25, 0.3) is 0 Å². The fourth-order valence-electron chi connectivity index (χ4n) is 4.24. The molecule has 0 aromatic rings. The van der Waals surface area contributed by atoms with Crippen molar-refractivity contribution in [2.75, 3.05) is 0 Å². The highest BCUT2D eigenvalue weighted by atomic mass is 16.3. The lowest BCUT2D eigenvalue weighted by atomic mass is 9.67. The molecule has 0 unspecified atom stereocenters. The first kappa shape index (κ1) is 17.5. The largest absolute Gasteiger partial charge is 0.389 e.